The van der Waals surface area contributed by atoms with Crippen LogP contribution in [0.2, 0.25) is 0 Å². The lowest BCUT2D eigenvalue weighted by atomic mass is 10.1. The molecule has 144 valence electrons. The number of allylic oxidation sites excluding steroid dienone is 3. The maximum atomic E-state index is 11.8. The van der Waals surface area contributed by atoms with Crippen molar-refractivity contribution in [1.82, 2.24) is 0 Å². The number of ketones is 1. The van der Waals surface area contributed by atoms with Crippen molar-refractivity contribution in [3.8, 4) is 11.5 Å². The smallest absolute Gasteiger partial charge is 0.160 e. The molecule has 0 atom stereocenters. The number of phenolic OH excluding ortho intramolecular Hbond substituents is 1. The number of carbonyl (C=O) groups excluding carboxylic acids is 1. The summed E-state index contributed by atoms with van der Waals surface area (Å²) in [6.07, 6.45) is 17.2. The SMILES string of the molecule is CCCCCCCCCC(=O)C=CC=Cc1ccc(OCCC)c(O)c1. The predicted molar refractivity (Wildman–Crippen MR) is 110 cm³/mol. The molecular weight excluding hydrogens is 324 g/mol. The van der Waals surface area contributed by atoms with Gasteiger partial charge in [0.15, 0.2) is 17.3 Å². The van der Waals surface area contributed by atoms with Gasteiger partial charge >= 0.3 is 0 Å². The van der Waals surface area contributed by atoms with Gasteiger partial charge in [0.2, 0.25) is 0 Å². The summed E-state index contributed by atoms with van der Waals surface area (Å²) in [5.41, 5.74) is 0.871. The van der Waals surface area contributed by atoms with Gasteiger partial charge < -0.3 is 9.84 Å². The average Bonchev–Trinajstić information content (AvgIpc) is 2.64. The lowest BCUT2D eigenvalue weighted by Crippen LogP contribution is -1.95. The molecule has 0 saturated heterocycles. The number of benzene rings is 1. The Hall–Kier alpha value is -2.03. The van der Waals surface area contributed by atoms with Gasteiger partial charge in [-0.25, -0.2) is 0 Å². The second-order valence-corrected chi connectivity index (χ2v) is 6.63. The molecule has 0 spiro atoms. The van der Waals surface area contributed by atoms with Gasteiger partial charge in [-0.15, -0.1) is 0 Å². The zero-order valence-electron chi connectivity index (χ0n) is 16.4. The van der Waals surface area contributed by atoms with Crippen molar-refractivity contribution in [2.24, 2.45) is 0 Å². The summed E-state index contributed by atoms with van der Waals surface area (Å²) >= 11 is 0. The normalized spacial score (nSPS) is 11.5. The molecule has 0 aliphatic carbocycles. The van der Waals surface area contributed by atoms with Gasteiger partial charge in [0.1, 0.15) is 0 Å². The lowest BCUT2D eigenvalue weighted by molar-refractivity contribution is -0.114. The maximum absolute atomic E-state index is 11.8. The van der Waals surface area contributed by atoms with Crippen molar-refractivity contribution in [2.75, 3.05) is 6.61 Å². The van der Waals surface area contributed by atoms with Crippen molar-refractivity contribution in [3.63, 3.8) is 0 Å². The second kappa shape index (κ2) is 14.2. The summed E-state index contributed by atoms with van der Waals surface area (Å²) in [6.45, 7) is 4.83. The van der Waals surface area contributed by atoms with E-state index in [2.05, 4.69) is 6.92 Å². The van der Waals surface area contributed by atoms with E-state index in [1.54, 1.807) is 24.3 Å². The number of unbranched alkanes of at least 4 members (excludes halogenated alkanes) is 6. The average molecular weight is 359 g/mol. The van der Waals surface area contributed by atoms with Crippen LogP contribution in [0.15, 0.2) is 36.4 Å². The quantitative estimate of drug-likeness (QED) is 0.236. The minimum Gasteiger partial charge on any atom is -0.504 e. The molecule has 3 heteroatoms. The Morgan fingerprint density at radius 1 is 1.00 bits per heavy atom. The lowest BCUT2D eigenvalue weighted by Gasteiger charge is -2.06. The van der Waals surface area contributed by atoms with Crippen LogP contribution in [0.4, 0.5) is 0 Å². The van der Waals surface area contributed by atoms with Crippen molar-refractivity contribution in [3.05, 3.63) is 42.0 Å². The second-order valence-electron chi connectivity index (χ2n) is 6.63. The highest BCUT2D eigenvalue weighted by molar-refractivity contribution is 5.89. The molecule has 0 aliphatic heterocycles. The number of rotatable bonds is 14. The molecule has 26 heavy (non-hydrogen) atoms. The molecule has 1 aromatic rings. The zero-order chi connectivity index (χ0) is 19.0. The number of aromatic hydroxyl groups is 1. The summed E-state index contributed by atoms with van der Waals surface area (Å²) in [6, 6.07) is 5.31. The first-order chi connectivity index (χ1) is 12.7. The van der Waals surface area contributed by atoms with E-state index in [1.807, 2.05) is 25.1 Å². The van der Waals surface area contributed by atoms with Gasteiger partial charge in [0, 0.05) is 6.42 Å². The molecular formula is C23H34O3. The van der Waals surface area contributed by atoms with Crippen molar-refractivity contribution in [2.45, 2.75) is 71.6 Å². The maximum Gasteiger partial charge on any atom is 0.160 e. The van der Waals surface area contributed by atoms with Crippen LogP contribution in [0.1, 0.15) is 77.2 Å². The van der Waals surface area contributed by atoms with E-state index in [9.17, 15) is 9.90 Å². The fourth-order valence-corrected chi connectivity index (χ4v) is 2.64. The number of hydrogen-bond donors (Lipinski definition) is 1. The molecule has 0 aromatic heterocycles. The van der Waals surface area contributed by atoms with Gasteiger partial charge in [-0.05, 0) is 36.6 Å². The van der Waals surface area contributed by atoms with Gasteiger partial charge in [0.05, 0.1) is 6.61 Å². The fourth-order valence-electron chi connectivity index (χ4n) is 2.64. The van der Waals surface area contributed by atoms with E-state index in [1.165, 1.54) is 32.1 Å². The summed E-state index contributed by atoms with van der Waals surface area (Å²) in [5.74, 6) is 0.818. The van der Waals surface area contributed by atoms with Crippen LogP contribution < -0.4 is 4.74 Å². The van der Waals surface area contributed by atoms with Crippen LogP contribution in [0, 0.1) is 0 Å². The Kier molecular flexibility index (Phi) is 12.0. The molecule has 0 aliphatic rings. The van der Waals surface area contributed by atoms with E-state index in [0.717, 1.165) is 24.8 Å². The number of phenols is 1. The molecule has 0 amide bonds. The molecule has 0 fully saturated rings. The summed E-state index contributed by atoms with van der Waals surface area (Å²) < 4.78 is 5.44. The van der Waals surface area contributed by atoms with Crippen LogP contribution in [0.25, 0.3) is 6.08 Å². The van der Waals surface area contributed by atoms with Crippen LogP contribution in [-0.2, 0) is 4.79 Å². The first kappa shape index (κ1) is 22.0. The summed E-state index contributed by atoms with van der Waals surface area (Å²) in [5, 5.41) is 9.92. The van der Waals surface area contributed by atoms with Crippen LogP contribution in [0.5, 0.6) is 11.5 Å². The van der Waals surface area contributed by atoms with Gasteiger partial charge in [-0.2, -0.15) is 0 Å². The van der Waals surface area contributed by atoms with Gasteiger partial charge in [-0.1, -0.05) is 76.7 Å². The molecule has 0 bridgehead atoms. The standard InChI is InChI=1S/C23H34O3/c1-3-5-6-7-8-9-10-14-21(24)15-12-11-13-20-16-17-23(22(25)19-20)26-18-4-2/h11-13,15-17,19,25H,3-10,14,18H2,1-2H3. The van der Waals surface area contributed by atoms with E-state index in [-0.39, 0.29) is 11.5 Å². The van der Waals surface area contributed by atoms with Crippen LogP contribution >= 0.6 is 0 Å². The van der Waals surface area contributed by atoms with E-state index in [4.69, 9.17) is 4.74 Å². The highest BCUT2D eigenvalue weighted by Crippen LogP contribution is 2.27. The Morgan fingerprint density at radius 3 is 2.42 bits per heavy atom. The Morgan fingerprint density at radius 2 is 1.73 bits per heavy atom. The first-order valence-electron chi connectivity index (χ1n) is 10.0. The van der Waals surface area contributed by atoms with Crippen LogP contribution in [0.3, 0.4) is 0 Å². The van der Waals surface area contributed by atoms with E-state index in [0.29, 0.717) is 18.8 Å². The molecule has 1 aromatic carbocycles. The minimum atomic E-state index is 0.139. The third kappa shape index (κ3) is 10.1. The highest BCUT2D eigenvalue weighted by atomic mass is 16.5. The van der Waals surface area contributed by atoms with Crippen LogP contribution in [-0.4, -0.2) is 17.5 Å². The third-order valence-electron chi connectivity index (χ3n) is 4.15. The molecule has 1 rings (SSSR count). The molecule has 3 nitrogen and oxygen atoms in total. The van der Waals surface area contributed by atoms with E-state index < -0.39 is 0 Å². The Labute approximate surface area is 158 Å². The molecule has 0 radical (unpaired) electrons. The summed E-state index contributed by atoms with van der Waals surface area (Å²) in [4.78, 5) is 11.8. The minimum absolute atomic E-state index is 0.139. The predicted octanol–water partition coefficient (Wildman–Crippen LogP) is 6.46. The third-order valence-corrected chi connectivity index (χ3v) is 4.15. The molecule has 0 heterocycles. The molecule has 0 unspecified atom stereocenters. The molecule has 1 N–H and O–H groups in total. The molecule has 0 saturated carbocycles. The zero-order valence-corrected chi connectivity index (χ0v) is 16.4. The fraction of sp³-hybridized carbons (Fsp3) is 0.522. The highest BCUT2D eigenvalue weighted by Gasteiger charge is 2.01. The Balaban J connectivity index is 2.27. The van der Waals surface area contributed by atoms with E-state index >= 15 is 0 Å². The monoisotopic (exact) mass is 358 g/mol. The summed E-state index contributed by atoms with van der Waals surface area (Å²) in [7, 11) is 0. The van der Waals surface area contributed by atoms with Gasteiger partial charge in [-0.3, -0.25) is 4.79 Å². The topological polar surface area (TPSA) is 46.5 Å². The van der Waals surface area contributed by atoms with Crippen molar-refractivity contribution < 1.29 is 14.6 Å². The largest absolute Gasteiger partial charge is 0.504 e. The first-order valence-corrected chi connectivity index (χ1v) is 10.0. The van der Waals surface area contributed by atoms with Crippen molar-refractivity contribution in [1.29, 1.82) is 0 Å². The number of ether oxygens (including phenoxy) is 1. The Bertz CT molecular complexity index is 573. The number of carbonyl (C=O) groups is 1. The van der Waals surface area contributed by atoms with Gasteiger partial charge in [0.25, 0.3) is 0 Å². The van der Waals surface area contributed by atoms with Crippen molar-refractivity contribution >= 4 is 11.9 Å². The number of hydrogen-bond acceptors (Lipinski definition) is 3.